The fraction of sp³-hybridized carbons (Fsp3) is 0.600. The molecule has 2 fully saturated rings. The van der Waals surface area contributed by atoms with E-state index in [2.05, 4.69) is 46.9 Å². The van der Waals surface area contributed by atoms with Crippen LogP contribution in [0.25, 0.3) is 0 Å². The summed E-state index contributed by atoms with van der Waals surface area (Å²) in [6, 6.07) is 8.80. The molecule has 3 unspecified atom stereocenters. The predicted molar refractivity (Wildman–Crippen MR) is 77.8 cm³/mol. The van der Waals surface area contributed by atoms with Crippen LogP contribution in [0.1, 0.15) is 31.2 Å². The van der Waals surface area contributed by atoms with E-state index in [1.165, 1.54) is 34.8 Å². The Kier molecular flexibility index (Phi) is 3.20. The molecule has 92 valence electrons. The molecule has 0 saturated heterocycles. The SMILES string of the molecule is OCC1(Cc2ccc(I)cc2)CC2CCC1C2. The summed E-state index contributed by atoms with van der Waals surface area (Å²) >= 11 is 2.34. The molecule has 1 aromatic carbocycles. The van der Waals surface area contributed by atoms with Crippen LogP contribution in [0.15, 0.2) is 24.3 Å². The van der Waals surface area contributed by atoms with Crippen molar-refractivity contribution in [2.24, 2.45) is 17.3 Å². The fourth-order valence-corrected chi connectivity index (χ4v) is 4.39. The van der Waals surface area contributed by atoms with E-state index in [4.69, 9.17) is 0 Å². The van der Waals surface area contributed by atoms with Crippen molar-refractivity contribution < 1.29 is 5.11 Å². The number of aliphatic hydroxyl groups excluding tert-OH is 1. The van der Waals surface area contributed by atoms with Crippen LogP contribution in [0, 0.1) is 20.8 Å². The Bertz CT molecular complexity index is 400. The van der Waals surface area contributed by atoms with Gasteiger partial charge in [0.1, 0.15) is 0 Å². The summed E-state index contributed by atoms with van der Waals surface area (Å²) < 4.78 is 1.29. The molecule has 2 heteroatoms. The van der Waals surface area contributed by atoms with Gasteiger partial charge in [-0.1, -0.05) is 18.6 Å². The summed E-state index contributed by atoms with van der Waals surface area (Å²) in [5.41, 5.74) is 1.60. The van der Waals surface area contributed by atoms with E-state index in [-0.39, 0.29) is 5.41 Å². The molecule has 0 spiro atoms. The van der Waals surface area contributed by atoms with Crippen LogP contribution in [0.4, 0.5) is 0 Å². The van der Waals surface area contributed by atoms with E-state index in [1.54, 1.807) is 0 Å². The van der Waals surface area contributed by atoms with Crippen LogP contribution in [0.2, 0.25) is 0 Å². The zero-order chi connectivity index (χ0) is 11.9. The summed E-state index contributed by atoms with van der Waals surface area (Å²) in [6.45, 7) is 0.375. The van der Waals surface area contributed by atoms with Gasteiger partial charge >= 0.3 is 0 Å². The van der Waals surface area contributed by atoms with Crippen LogP contribution < -0.4 is 0 Å². The summed E-state index contributed by atoms with van der Waals surface area (Å²) in [5, 5.41) is 9.85. The second-order valence-electron chi connectivity index (χ2n) is 5.90. The number of aliphatic hydroxyl groups is 1. The molecule has 3 atom stereocenters. The molecule has 0 aliphatic heterocycles. The minimum atomic E-state index is 0.204. The molecule has 1 aromatic rings. The molecule has 1 nitrogen and oxygen atoms in total. The molecular weight excluding hydrogens is 323 g/mol. The molecule has 2 saturated carbocycles. The van der Waals surface area contributed by atoms with Crippen molar-refractivity contribution in [3.63, 3.8) is 0 Å². The zero-order valence-electron chi connectivity index (χ0n) is 10.0. The first-order valence-corrected chi connectivity index (χ1v) is 7.65. The first kappa shape index (κ1) is 12.0. The summed E-state index contributed by atoms with van der Waals surface area (Å²) in [4.78, 5) is 0. The van der Waals surface area contributed by atoms with E-state index < -0.39 is 0 Å². The van der Waals surface area contributed by atoms with Crippen molar-refractivity contribution in [2.45, 2.75) is 32.1 Å². The van der Waals surface area contributed by atoms with Crippen LogP contribution in [-0.2, 0) is 6.42 Å². The third kappa shape index (κ3) is 2.14. The Morgan fingerprint density at radius 3 is 2.53 bits per heavy atom. The summed E-state index contributed by atoms with van der Waals surface area (Å²) in [5.74, 6) is 1.67. The largest absolute Gasteiger partial charge is 0.396 e. The monoisotopic (exact) mass is 342 g/mol. The van der Waals surface area contributed by atoms with Crippen LogP contribution in [0.5, 0.6) is 0 Å². The summed E-state index contributed by atoms with van der Waals surface area (Å²) in [6.07, 6.45) is 6.43. The molecule has 0 radical (unpaired) electrons. The van der Waals surface area contributed by atoms with Gasteiger partial charge in [0.2, 0.25) is 0 Å². The Morgan fingerprint density at radius 2 is 2.00 bits per heavy atom. The number of fused-ring (bicyclic) bond motifs is 2. The number of hydrogen-bond donors (Lipinski definition) is 1. The van der Waals surface area contributed by atoms with Crippen LogP contribution in [-0.4, -0.2) is 11.7 Å². The topological polar surface area (TPSA) is 20.2 Å². The second kappa shape index (κ2) is 4.54. The smallest absolute Gasteiger partial charge is 0.0493 e. The fourth-order valence-electron chi connectivity index (χ4n) is 4.03. The quantitative estimate of drug-likeness (QED) is 0.832. The third-order valence-electron chi connectivity index (χ3n) is 4.89. The number of rotatable bonds is 3. The molecular formula is C15H19IO. The second-order valence-corrected chi connectivity index (χ2v) is 7.15. The maximum Gasteiger partial charge on any atom is 0.0493 e. The van der Waals surface area contributed by atoms with E-state index in [0.29, 0.717) is 6.61 Å². The molecule has 1 N–H and O–H groups in total. The molecule has 0 amide bonds. The Labute approximate surface area is 117 Å². The van der Waals surface area contributed by atoms with Crippen molar-refractivity contribution in [1.29, 1.82) is 0 Å². The first-order chi connectivity index (χ1) is 8.22. The lowest BCUT2D eigenvalue weighted by atomic mass is 9.70. The van der Waals surface area contributed by atoms with Crippen molar-refractivity contribution in [3.8, 4) is 0 Å². The highest BCUT2D eigenvalue weighted by molar-refractivity contribution is 14.1. The maximum atomic E-state index is 9.85. The highest BCUT2D eigenvalue weighted by Crippen LogP contribution is 2.57. The molecule has 2 aliphatic carbocycles. The van der Waals surface area contributed by atoms with Crippen LogP contribution in [0.3, 0.4) is 0 Å². The van der Waals surface area contributed by atoms with Gasteiger partial charge in [-0.25, -0.2) is 0 Å². The highest BCUT2D eigenvalue weighted by Gasteiger charge is 2.50. The lowest BCUT2D eigenvalue weighted by Crippen LogP contribution is -2.34. The van der Waals surface area contributed by atoms with Crippen molar-refractivity contribution in [1.82, 2.24) is 0 Å². The van der Waals surface area contributed by atoms with E-state index >= 15 is 0 Å². The van der Waals surface area contributed by atoms with Gasteiger partial charge in [0, 0.05) is 15.6 Å². The normalized spacial score (nSPS) is 35.4. The number of halogens is 1. The molecule has 2 aliphatic rings. The van der Waals surface area contributed by atoms with Gasteiger partial charge in [0.05, 0.1) is 0 Å². The van der Waals surface area contributed by atoms with Crippen molar-refractivity contribution in [2.75, 3.05) is 6.61 Å². The van der Waals surface area contributed by atoms with Crippen molar-refractivity contribution >= 4 is 22.6 Å². The lowest BCUT2D eigenvalue weighted by Gasteiger charge is -2.36. The lowest BCUT2D eigenvalue weighted by molar-refractivity contribution is 0.0651. The molecule has 3 rings (SSSR count). The van der Waals surface area contributed by atoms with Gasteiger partial charge < -0.3 is 5.11 Å². The van der Waals surface area contributed by atoms with Gasteiger partial charge in [0.25, 0.3) is 0 Å². The van der Waals surface area contributed by atoms with Gasteiger partial charge in [-0.05, 0) is 77.8 Å². The van der Waals surface area contributed by atoms with Gasteiger partial charge in [-0.15, -0.1) is 0 Å². The summed E-state index contributed by atoms with van der Waals surface area (Å²) in [7, 11) is 0. The molecule has 17 heavy (non-hydrogen) atoms. The van der Waals surface area contributed by atoms with Gasteiger partial charge in [-0.2, -0.15) is 0 Å². The minimum Gasteiger partial charge on any atom is -0.396 e. The Balaban J connectivity index is 1.80. The van der Waals surface area contributed by atoms with E-state index in [9.17, 15) is 5.11 Å². The van der Waals surface area contributed by atoms with E-state index in [0.717, 1.165) is 18.3 Å². The van der Waals surface area contributed by atoms with Gasteiger partial charge in [-0.3, -0.25) is 0 Å². The number of benzene rings is 1. The Hall–Kier alpha value is -0.0900. The Morgan fingerprint density at radius 1 is 1.24 bits per heavy atom. The van der Waals surface area contributed by atoms with Gasteiger partial charge in [0.15, 0.2) is 0 Å². The van der Waals surface area contributed by atoms with Crippen molar-refractivity contribution in [3.05, 3.63) is 33.4 Å². The molecule has 2 bridgehead atoms. The predicted octanol–water partition coefficient (Wildman–Crippen LogP) is 3.63. The molecule has 0 aromatic heterocycles. The molecule has 0 heterocycles. The average molecular weight is 342 g/mol. The minimum absolute atomic E-state index is 0.204. The first-order valence-electron chi connectivity index (χ1n) is 6.57. The maximum absolute atomic E-state index is 9.85. The zero-order valence-corrected chi connectivity index (χ0v) is 12.2. The average Bonchev–Trinajstić information content (AvgIpc) is 2.93. The highest BCUT2D eigenvalue weighted by atomic mass is 127. The van der Waals surface area contributed by atoms with Crippen LogP contribution >= 0.6 is 22.6 Å². The van der Waals surface area contributed by atoms with E-state index in [1.807, 2.05) is 0 Å². The third-order valence-corrected chi connectivity index (χ3v) is 5.61. The standard InChI is InChI=1S/C15H19IO/c16-14-5-2-11(3-6-14)8-15(10-17)9-12-1-4-13(15)7-12/h2-3,5-6,12-13,17H,1,4,7-10H2. The number of hydrogen-bond acceptors (Lipinski definition) is 1.